The zero-order chi connectivity index (χ0) is 14.2. The minimum atomic E-state index is -0.156. The van der Waals surface area contributed by atoms with Crippen molar-refractivity contribution in [2.75, 3.05) is 31.7 Å². The molecule has 2 saturated heterocycles. The smallest absolute Gasteiger partial charge is 0.339 e. The maximum absolute atomic E-state index is 12.6. The maximum atomic E-state index is 12.6. The second-order valence-corrected chi connectivity index (χ2v) is 6.16. The summed E-state index contributed by atoms with van der Waals surface area (Å²) in [4.78, 5) is 14.5. The van der Waals surface area contributed by atoms with Gasteiger partial charge in [0.1, 0.15) is 0 Å². The molecule has 3 rings (SSSR count). The van der Waals surface area contributed by atoms with Crippen LogP contribution in [0.25, 0.3) is 0 Å². The minimum absolute atomic E-state index is 0.0109. The summed E-state index contributed by atoms with van der Waals surface area (Å²) in [5.74, 6) is 0. The Labute approximate surface area is 127 Å². The van der Waals surface area contributed by atoms with Crippen molar-refractivity contribution in [2.24, 2.45) is 0 Å². The van der Waals surface area contributed by atoms with Crippen molar-refractivity contribution in [3.63, 3.8) is 0 Å². The lowest BCUT2D eigenvalue weighted by atomic mass is 9.90. The number of rotatable bonds is 2. The number of amides is 2. The van der Waals surface area contributed by atoms with E-state index in [9.17, 15) is 4.79 Å². The number of hydrazine groups is 1. The van der Waals surface area contributed by atoms with E-state index in [1.54, 1.807) is 12.1 Å². The number of anilines is 1. The standard InChI is InChI=1S/C14H18BrN3O2/c1-16-18-13(19)17(12-4-2-11(15)3-5-12)10-14(18)6-8-20-9-7-14/h2-5,16H,6-10H2,1H3. The second-order valence-electron chi connectivity index (χ2n) is 5.24. The first-order valence-electron chi connectivity index (χ1n) is 6.79. The predicted octanol–water partition coefficient (Wildman–Crippen LogP) is 2.37. The summed E-state index contributed by atoms with van der Waals surface area (Å²) in [5.41, 5.74) is 3.84. The van der Waals surface area contributed by atoms with Gasteiger partial charge in [0, 0.05) is 30.4 Å². The molecule has 0 saturated carbocycles. The molecule has 108 valence electrons. The molecule has 1 aromatic rings. The van der Waals surface area contributed by atoms with E-state index in [1.165, 1.54) is 0 Å². The normalized spacial score (nSPS) is 21.8. The first-order valence-corrected chi connectivity index (χ1v) is 7.58. The SMILES string of the molecule is CNN1C(=O)N(c2ccc(Br)cc2)CC12CCOCC2. The number of ether oxygens (including phenoxy) is 1. The van der Waals surface area contributed by atoms with Crippen molar-refractivity contribution in [1.29, 1.82) is 0 Å². The van der Waals surface area contributed by atoms with Crippen LogP contribution in [-0.4, -0.2) is 43.4 Å². The third-order valence-corrected chi connectivity index (χ3v) is 4.66. The molecule has 6 heteroatoms. The number of urea groups is 1. The molecular formula is C14H18BrN3O2. The van der Waals surface area contributed by atoms with Crippen LogP contribution in [0.1, 0.15) is 12.8 Å². The van der Waals surface area contributed by atoms with Gasteiger partial charge in [0.05, 0.1) is 12.1 Å². The molecule has 5 nitrogen and oxygen atoms in total. The van der Waals surface area contributed by atoms with Crippen LogP contribution in [0.4, 0.5) is 10.5 Å². The van der Waals surface area contributed by atoms with Crippen molar-refractivity contribution in [3.05, 3.63) is 28.7 Å². The molecule has 2 fully saturated rings. The van der Waals surface area contributed by atoms with Crippen molar-refractivity contribution in [3.8, 4) is 0 Å². The van der Waals surface area contributed by atoms with Crippen molar-refractivity contribution < 1.29 is 9.53 Å². The Morgan fingerprint density at radius 3 is 2.50 bits per heavy atom. The summed E-state index contributed by atoms with van der Waals surface area (Å²) >= 11 is 3.42. The summed E-state index contributed by atoms with van der Waals surface area (Å²) in [6, 6.07) is 7.86. The summed E-state index contributed by atoms with van der Waals surface area (Å²) in [6.07, 6.45) is 1.74. The molecule has 2 heterocycles. The van der Waals surface area contributed by atoms with Crippen LogP contribution >= 0.6 is 15.9 Å². The zero-order valence-corrected chi connectivity index (χ0v) is 13.0. The van der Waals surface area contributed by atoms with Crippen molar-refractivity contribution in [2.45, 2.75) is 18.4 Å². The number of benzene rings is 1. The molecule has 0 aromatic heterocycles. The highest BCUT2D eigenvalue weighted by molar-refractivity contribution is 9.10. The van der Waals surface area contributed by atoms with Gasteiger partial charge in [0.2, 0.25) is 0 Å². The maximum Gasteiger partial charge on any atom is 0.339 e. The topological polar surface area (TPSA) is 44.8 Å². The number of carbonyl (C=O) groups excluding carboxylic acids is 1. The van der Waals surface area contributed by atoms with Crippen LogP contribution in [0.15, 0.2) is 28.7 Å². The van der Waals surface area contributed by atoms with Crippen LogP contribution in [0, 0.1) is 0 Å². The molecule has 0 unspecified atom stereocenters. The van der Waals surface area contributed by atoms with Gasteiger partial charge >= 0.3 is 6.03 Å². The number of hydrogen-bond acceptors (Lipinski definition) is 3. The van der Waals surface area contributed by atoms with Crippen LogP contribution in [0.3, 0.4) is 0 Å². The van der Waals surface area contributed by atoms with Gasteiger partial charge in [-0.25, -0.2) is 10.2 Å². The lowest BCUT2D eigenvalue weighted by Crippen LogP contribution is -2.55. The highest BCUT2D eigenvalue weighted by atomic mass is 79.9. The van der Waals surface area contributed by atoms with Gasteiger partial charge in [-0.2, -0.15) is 0 Å². The first-order chi connectivity index (χ1) is 9.66. The van der Waals surface area contributed by atoms with E-state index >= 15 is 0 Å². The second kappa shape index (κ2) is 5.35. The van der Waals surface area contributed by atoms with Crippen LogP contribution < -0.4 is 10.3 Å². The summed E-state index contributed by atoms with van der Waals surface area (Å²) in [7, 11) is 1.81. The molecule has 0 radical (unpaired) electrons. The fraction of sp³-hybridized carbons (Fsp3) is 0.500. The number of nitrogens with one attached hydrogen (secondary N) is 1. The monoisotopic (exact) mass is 339 g/mol. The molecule has 1 N–H and O–H groups in total. The number of halogens is 1. The zero-order valence-electron chi connectivity index (χ0n) is 11.4. The molecule has 2 amide bonds. The van der Waals surface area contributed by atoms with Crippen molar-refractivity contribution >= 4 is 27.6 Å². The van der Waals surface area contributed by atoms with Gasteiger partial charge in [0.25, 0.3) is 0 Å². The third-order valence-electron chi connectivity index (χ3n) is 4.13. The van der Waals surface area contributed by atoms with E-state index in [4.69, 9.17) is 4.74 Å². The molecule has 20 heavy (non-hydrogen) atoms. The van der Waals surface area contributed by atoms with E-state index in [0.29, 0.717) is 19.8 Å². The lowest BCUT2D eigenvalue weighted by molar-refractivity contribution is -0.00524. The fourth-order valence-corrected chi connectivity index (χ4v) is 3.31. The van der Waals surface area contributed by atoms with E-state index in [2.05, 4.69) is 21.4 Å². The molecule has 0 aliphatic carbocycles. The Kier molecular flexibility index (Phi) is 3.70. The Hall–Kier alpha value is -1.11. The predicted molar refractivity (Wildman–Crippen MR) is 80.6 cm³/mol. The van der Waals surface area contributed by atoms with Gasteiger partial charge in [-0.15, -0.1) is 0 Å². The largest absolute Gasteiger partial charge is 0.381 e. The third kappa shape index (κ3) is 2.21. The summed E-state index contributed by atoms with van der Waals surface area (Å²) < 4.78 is 6.46. The van der Waals surface area contributed by atoms with E-state index in [1.807, 2.05) is 29.2 Å². The molecule has 2 aliphatic rings. The highest BCUT2D eigenvalue weighted by Gasteiger charge is 2.50. The summed E-state index contributed by atoms with van der Waals surface area (Å²) in [5, 5.41) is 1.78. The average Bonchev–Trinajstić information content (AvgIpc) is 2.73. The van der Waals surface area contributed by atoms with Gasteiger partial charge in [-0.05, 0) is 37.1 Å². The number of carbonyl (C=O) groups is 1. The Morgan fingerprint density at radius 1 is 1.25 bits per heavy atom. The molecule has 1 aromatic carbocycles. The van der Waals surface area contributed by atoms with E-state index < -0.39 is 0 Å². The molecule has 1 spiro atoms. The summed E-state index contributed by atoms with van der Waals surface area (Å²) in [6.45, 7) is 2.12. The highest BCUT2D eigenvalue weighted by Crippen LogP contribution is 2.36. The van der Waals surface area contributed by atoms with Crippen LogP contribution in [-0.2, 0) is 4.74 Å². The van der Waals surface area contributed by atoms with Gasteiger partial charge < -0.3 is 4.74 Å². The molecule has 0 bridgehead atoms. The number of hydrogen-bond donors (Lipinski definition) is 1. The van der Waals surface area contributed by atoms with Crippen molar-refractivity contribution in [1.82, 2.24) is 10.4 Å². The van der Waals surface area contributed by atoms with Crippen LogP contribution in [0.5, 0.6) is 0 Å². The minimum Gasteiger partial charge on any atom is -0.381 e. The van der Waals surface area contributed by atoms with Crippen LogP contribution in [0.2, 0.25) is 0 Å². The van der Waals surface area contributed by atoms with E-state index in [-0.39, 0.29) is 11.6 Å². The van der Waals surface area contributed by atoms with Gasteiger partial charge in [-0.3, -0.25) is 9.91 Å². The Balaban J connectivity index is 1.90. The van der Waals surface area contributed by atoms with Gasteiger partial charge in [-0.1, -0.05) is 15.9 Å². The fourth-order valence-electron chi connectivity index (χ4n) is 3.04. The molecular weight excluding hydrogens is 322 g/mol. The quantitative estimate of drug-likeness (QED) is 0.899. The lowest BCUT2D eigenvalue weighted by Gasteiger charge is -2.38. The Bertz CT molecular complexity index is 500. The average molecular weight is 340 g/mol. The first kappa shape index (κ1) is 13.9. The molecule has 0 atom stereocenters. The Morgan fingerprint density at radius 2 is 1.90 bits per heavy atom. The number of nitrogens with zero attached hydrogens (tertiary/aromatic N) is 2. The van der Waals surface area contributed by atoms with E-state index in [0.717, 1.165) is 23.0 Å². The molecule has 2 aliphatic heterocycles. The van der Waals surface area contributed by atoms with Gasteiger partial charge in [0.15, 0.2) is 0 Å².